The summed E-state index contributed by atoms with van der Waals surface area (Å²) in [6.07, 6.45) is 1.57. The van der Waals surface area contributed by atoms with Crippen molar-refractivity contribution in [3.05, 3.63) is 101 Å². The highest BCUT2D eigenvalue weighted by Crippen LogP contribution is 2.38. The molecular formula is C26H19ClFIN2O6S. The molecule has 1 heterocycles. The Balaban J connectivity index is 1.55. The zero-order chi connectivity index (χ0) is 27.4. The molecule has 8 nitrogen and oxygen atoms in total. The molecule has 3 aromatic carbocycles. The Bertz CT molecular complexity index is 1430. The van der Waals surface area contributed by atoms with Gasteiger partial charge in [-0.15, -0.1) is 0 Å². The Morgan fingerprint density at radius 3 is 2.55 bits per heavy atom. The molecule has 0 saturated carbocycles. The first-order valence-corrected chi connectivity index (χ1v) is 13.5. The van der Waals surface area contributed by atoms with E-state index < -0.39 is 21.9 Å². The number of benzene rings is 3. The molecule has 0 aliphatic carbocycles. The van der Waals surface area contributed by atoms with Gasteiger partial charge in [0.1, 0.15) is 12.4 Å². The topological polar surface area (TPSA) is 99.0 Å². The monoisotopic (exact) mass is 668 g/mol. The van der Waals surface area contributed by atoms with E-state index in [1.807, 2.05) is 6.92 Å². The third-order valence-corrected chi connectivity index (χ3v) is 7.47. The van der Waals surface area contributed by atoms with Crippen LogP contribution in [0.1, 0.15) is 23.6 Å². The van der Waals surface area contributed by atoms with E-state index >= 15 is 0 Å². The number of halogens is 3. The zero-order valence-electron chi connectivity index (χ0n) is 19.8. The molecule has 38 heavy (non-hydrogen) atoms. The van der Waals surface area contributed by atoms with E-state index in [9.17, 15) is 24.1 Å². The molecule has 0 bridgehead atoms. The number of rotatable bonds is 9. The first-order valence-electron chi connectivity index (χ1n) is 11.2. The summed E-state index contributed by atoms with van der Waals surface area (Å²) in [7, 11) is 0. The van der Waals surface area contributed by atoms with Crippen LogP contribution < -0.4 is 9.47 Å². The number of carbonyl (C=O) groups is 2. The molecular weight excluding hydrogens is 650 g/mol. The van der Waals surface area contributed by atoms with Crippen molar-refractivity contribution in [1.29, 1.82) is 0 Å². The van der Waals surface area contributed by atoms with Gasteiger partial charge in [-0.2, -0.15) is 0 Å². The fraction of sp³-hybridized carbons (Fsp3) is 0.154. The van der Waals surface area contributed by atoms with Crippen molar-refractivity contribution in [3.8, 4) is 11.5 Å². The number of hydrogen-bond acceptors (Lipinski definition) is 7. The summed E-state index contributed by atoms with van der Waals surface area (Å²) in [6, 6.07) is 13.7. The maximum absolute atomic E-state index is 14.2. The van der Waals surface area contributed by atoms with E-state index in [1.54, 1.807) is 30.3 Å². The second-order valence-electron chi connectivity index (χ2n) is 7.94. The molecule has 1 saturated heterocycles. The minimum Gasteiger partial charge on any atom is -0.490 e. The van der Waals surface area contributed by atoms with Crippen LogP contribution in [0, 0.1) is 19.5 Å². The lowest BCUT2D eigenvalue weighted by Gasteiger charge is -2.15. The van der Waals surface area contributed by atoms with Crippen molar-refractivity contribution in [2.75, 3.05) is 6.61 Å². The molecule has 12 heteroatoms. The van der Waals surface area contributed by atoms with Gasteiger partial charge in [-0.3, -0.25) is 24.6 Å². The van der Waals surface area contributed by atoms with Gasteiger partial charge >= 0.3 is 0 Å². The molecule has 0 radical (unpaired) electrons. The van der Waals surface area contributed by atoms with Gasteiger partial charge in [0.15, 0.2) is 11.5 Å². The standard InChI is InChI=1S/C26H19ClFIN2O6S/c1-2-36-22-11-16(10-21(29)24(22)37-14-15-6-8-17(9-7-15)31(34)35)12-23-25(32)30(26(33)38-23)13-18-19(27)4-3-5-20(18)28/h3-12H,2,13-14H2,1H3/b23-12+. The molecule has 2 amide bonds. The van der Waals surface area contributed by atoms with E-state index in [0.717, 1.165) is 22.2 Å². The average molecular weight is 669 g/mol. The number of thioether (sulfide) groups is 1. The number of ether oxygens (including phenoxy) is 2. The fourth-order valence-corrected chi connectivity index (χ4v) is 5.41. The van der Waals surface area contributed by atoms with E-state index in [0.29, 0.717) is 27.2 Å². The number of imide groups is 1. The minimum absolute atomic E-state index is 0.0101. The van der Waals surface area contributed by atoms with Crippen LogP contribution in [-0.4, -0.2) is 27.6 Å². The summed E-state index contributed by atoms with van der Waals surface area (Å²) in [4.78, 5) is 37.1. The van der Waals surface area contributed by atoms with Crippen LogP contribution >= 0.6 is 46.0 Å². The maximum atomic E-state index is 14.2. The van der Waals surface area contributed by atoms with Crippen LogP contribution in [0.25, 0.3) is 6.08 Å². The number of carbonyl (C=O) groups excluding carboxylic acids is 2. The smallest absolute Gasteiger partial charge is 0.293 e. The van der Waals surface area contributed by atoms with Crippen molar-refractivity contribution < 1.29 is 28.4 Å². The van der Waals surface area contributed by atoms with Crippen LogP contribution in [0.3, 0.4) is 0 Å². The molecule has 4 rings (SSSR count). The summed E-state index contributed by atoms with van der Waals surface area (Å²) in [5.41, 5.74) is 1.40. The summed E-state index contributed by atoms with van der Waals surface area (Å²) in [5, 5.41) is 10.5. The average Bonchev–Trinajstić information content (AvgIpc) is 3.13. The van der Waals surface area contributed by atoms with E-state index in [2.05, 4.69) is 22.6 Å². The number of non-ortho nitro benzene ring substituents is 1. The van der Waals surface area contributed by atoms with Crippen LogP contribution in [0.4, 0.5) is 14.9 Å². The van der Waals surface area contributed by atoms with Gasteiger partial charge in [-0.25, -0.2) is 4.39 Å². The highest BCUT2D eigenvalue weighted by molar-refractivity contribution is 14.1. The summed E-state index contributed by atoms with van der Waals surface area (Å²) >= 11 is 8.91. The Morgan fingerprint density at radius 2 is 1.89 bits per heavy atom. The predicted molar refractivity (Wildman–Crippen MR) is 151 cm³/mol. The van der Waals surface area contributed by atoms with Crippen LogP contribution in [0.2, 0.25) is 5.02 Å². The van der Waals surface area contributed by atoms with Gasteiger partial charge < -0.3 is 9.47 Å². The highest BCUT2D eigenvalue weighted by atomic mass is 127. The van der Waals surface area contributed by atoms with Crippen LogP contribution in [-0.2, 0) is 17.9 Å². The second kappa shape index (κ2) is 12.1. The summed E-state index contributed by atoms with van der Waals surface area (Å²) in [6.45, 7) is 2.06. The first-order chi connectivity index (χ1) is 18.2. The summed E-state index contributed by atoms with van der Waals surface area (Å²) < 4.78 is 26.6. The zero-order valence-corrected chi connectivity index (χ0v) is 23.5. The maximum Gasteiger partial charge on any atom is 0.293 e. The van der Waals surface area contributed by atoms with Crippen LogP contribution in [0.15, 0.2) is 59.5 Å². The molecule has 0 atom stereocenters. The molecule has 0 N–H and O–H groups in total. The third-order valence-electron chi connectivity index (χ3n) is 5.41. The quantitative estimate of drug-likeness (QED) is 0.103. The Kier molecular flexibility index (Phi) is 8.90. The Morgan fingerprint density at radius 1 is 1.16 bits per heavy atom. The number of nitro benzene ring substituents is 1. The van der Waals surface area contributed by atoms with E-state index in [4.69, 9.17) is 21.1 Å². The molecule has 0 spiro atoms. The molecule has 0 aromatic heterocycles. The lowest BCUT2D eigenvalue weighted by Crippen LogP contribution is -2.28. The molecule has 0 unspecified atom stereocenters. The normalized spacial score (nSPS) is 14.3. The molecule has 1 aliphatic heterocycles. The van der Waals surface area contributed by atoms with Crippen molar-refractivity contribution in [1.82, 2.24) is 4.90 Å². The lowest BCUT2D eigenvalue weighted by molar-refractivity contribution is -0.384. The molecule has 196 valence electrons. The Labute approximate surface area is 240 Å². The highest BCUT2D eigenvalue weighted by Gasteiger charge is 2.36. The van der Waals surface area contributed by atoms with Gasteiger partial charge in [0.25, 0.3) is 16.8 Å². The van der Waals surface area contributed by atoms with E-state index in [-0.39, 0.29) is 34.3 Å². The van der Waals surface area contributed by atoms with Gasteiger partial charge in [0.05, 0.1) is 26.6 Å². The van der Waals surface area contributed by atoms with Crippen molar-refractivity contribution in [3.63, 3.8) is 0 Å². The molecule has 1 aliphatic rings. The van der Waals surface area contributed by atoms with E-state index in [1.165, 1.54) is 30.3 Å². The van der Waals surface area contributed by atoms with Gasteiger partial charge in [-0.1, -0.05) is 17.7 Å². The fourth-order valence-electron chi connectivity index (χ4n) is 3.57. The number of amides is 2. The minimum atomic E-state index is -0.597. The van der Waals surface area contributed by atoms with Crippen molar-refractivity contribution >= 4 is 68.9 Å². The van der Waals surface area contributed by atoms with Gasteiger partial charge in [0, 0.05) is 22.7 Å². The second-order valence-corrected chi connectivity index (χ2v) is 10.5. The first kappa shape index (κ1) is 27.9. The number of hydrogen-bond donors (Lipinski definition) is 0. The number of nitro groups is 1. The molecule has 3 aromatic rings. The van der Waals surface area contributed by atoms with Crippen molar-refractivity contribution in [2.24, 2.45) is 0 Å². The van der Waals surface area contributed by atoms with Gasteiger partial charge in [-0.05, 0) is 94.9 Å². The van der Waals surface area contributed by atoms with Gasteiger partial charge in [0.2, 0.25) is 0 Å². The third kappa shape index (κ3) is 6.27. The number of nitrogens with zero attached hydrogens (tertiary/aromatic N) is 2. The van der Waals surface area contributed by atoms with Crippen molar-refractivity contribution in [2.45, 2.75) is 20.1 Å². The largest absolute Gasteiger partial charge is 0.490 e. The molecule has 1 fully saturated rings. The predicted octanol–water partition coefficient (Wildman–Crippen LogP) is 7.21. The van der Waals surface area contributed by atoms with Crippen LogP contribution in [0.5, 0.6) is 11.5 Å². The Hall–Kier alpha value is -3.16. The lowest BCUT2D eigenvalue weighted by atomic mass is 10.1. The SMILES string of the molecule is CCOc1cc(/C=C2/SC(=O)N(Cc3c(F)cccc3Cl)C2=O)cc(I)c1OCc1ccc([N+](=O)[O-])cc1. The summed E-state index contributed by atoms with van der Waals surface area (Å²) in [5.74, 6) is -0.235.